The zero-order valence-electron chi connectivity index (χ0n) is 14.1. The molecule has 0 bridgehead atoms. The molecule has 2 aromatic carbocycles. The lowest BCUT2D eigenvalue weighted by atomic mass is 10.2. The number of rotatable bonds is 5. The van der Waals surface area contributed by atoms with Crippen LogP contribution in [-0.2, 0) is 21.2 Å². The number of benzene rings is 2. The average Bonchev–Trinajstić information content (AvgIpc) is 2.92. The summed E-state index contributed by atoms with van der Waals surface area (Å²) < 4.78 is 39.3. The monoisotopic (exact) mass is 408 g/mol. The van der Waals surface area contributed by atoms with Gasteiger partial charge in [0.25, 0.3) is 0 Å². The smallest absolute Gasteiger partial charge is 0.328 e. The predicted molar refractivity (Wildman–Crippen MR) is 100 cm³/mol. The molecule has 0 fully saturated rings. The van der Waals surface area contributed by atoms with E-state index in [1.807, 2.05) is 0 Å². The van der Waals surface area contributed by atoms with Crippen LogP contribution in [0.1, 0.15) is 11.3 Å². The molecule has 3 rings (SSSR count). The summed E-state index contributed by atoms with van der Waals surface area (Å²) in [6.07, 6.45) is 3.32. The molecule has 1 heterocycles. The van der Waals surface area contributed by atoms with Crippen LogP contribution in [0.25, 0.3) is 17.0 Å². The number of fused-ring (bicyclic) bond motifs is 1. The highest BCUT2D eigenvalue weighted by molar-refractivity contribution is 7.90. The number of hydrogen-bond acceptors (Lipinski definition) is 4. The Morgan fingerprint density at radius 2 is 2.04 bits per heavy atom. The van der Waals surface area contributed by atoms with Gasteiger partial charge in [-0.15, -0.1) is 0 Å². The maximum absolute atomic E-state index is 14.2. The quantitative estimate of drug-likeness (QED) is 0.654. The van der Waals surface area contributed by atoms with Crippen molar-refractivity contribution in [1.29, 1.82) is 0 Å². The molecule has 9 heteroatoms. The fourth-order valence-electron chi connectivity index (χ4n) is 2.62. The largest absolute Gasteiger partial charge is 0.478 e. The number of nitrogens with zero attached hydrogens (tertiary/aromatic N) is 2. The molecule has 0 amide bonds. The molecule has 6 nitrogen and oxygen atoms in total. The highest BCUT2D eigenvalue weighted by Crippen LogP contribution is 2.25. The number of aliphatic carboxylic acids is 1. The van der Waals surface area contributed by atoms with E-state index in [4.69, 9.17) is 16.7 Å². The number of aromatic nitrogens is 2. The number of sulfone groups is 1. The second-order valence-electron chi connectivity index (χ2n) is 5.90. The maximum Gasteiger partial charge on any atom is 0.328 e. The van der Waals surface area contributed by atoms with E-state index >= 15 is 0 Å². The molecule has 0 spiro atoms. The van der Waals surface area contributed by atoms with Gasteiger partial charge < -0.3 is 5.11 Å². The number of carboxylic acid groups (broad SMARTS) is 1. The summed E-state index contributed by atoms with van der Waals surface area (Å²) in [5.74, 6) is -1.66. The Balaban J connectivity index is 2.18. The van der Waals surface area contributed by atoms with Crippen molar-refractivity contribution < 1.29 is 22.7 Å². The van der Waals surface area contributed by atoms with Crippen molar-refractivity contribution >= 4 is 44.4 Å². The molecule has 0 atom stereocenters. The van der Waals surface area contributed by atoms with Crippen LogP contribution in [0.2, 0.25) is 5.02 Å². The standard InChI is InChI=1S/C18H14ClFN2O4S/c1-27(25,26)13-4-5-14-16(6-7-18(23)24)21-22(17(14)9-13)10-11-2-3-12(19)8-15(11)20/h2-9H,10H2,1H3,(H,23,24). The Morgan fingerprint density at radius 3 is 2.67 bits per heavy atom. The molecule has 0 aliphatic carbocycles. The predicted octanol–water partition coefficient (Wildman–Crippen LogP) is 3.38. The summed E-state index contributed by atoms with van der Waals surface area (Å²) in [7, 11) is -3.46. The molecule has 1 N–H and O–H groups in total. The van der Waals surface area contributed by atoms with E-state index in [0.717, 1.165) is 12.3 Å². The fraction of sp³-hybridized carbons (Fsp3) is 0.111. The summed E-state index contributed by atoms with van der Waals surface area (Å²) in [5.41, 5.74) is 1.08. The Bertz CT molecular complexity index is 1190. The van der Waals surface area contributed by atoms with Crippen LogP contribution in [0.15, 0.2) is 47.4 Å². The van der Waals surface area contributed by atoms with Crippen LogP contribution in [-0.4, -0.2) is 35.5 Å². The molecule has 0 radical (unpaired) electrons. The van der Waals surface area contributed by atoms with Gasteiger partial charge in [0.2, 0.25) is 0 Å². The minimum absolute atomic E-state index is 0.0215. The Labute approximate surface area is 159 Å². The van der Waals surface area contributed by atoms with E-state index < -0.39 is 21.6 Å². The van der Waals surface area contributed by atoms with Crippen molar-refractivity contribution in [3.8, 4) is 0 Å². The fourth-order valence-corrected chi connectivity index (χ4v) is 3.41. The molecular weight excluding hydrogens is 395 g/mol. The Hall–Kier alpha value is -2.71. The third-order valence-electron chi connectivity index (χ3n) is 3.90. The molecule has 0 saturated heterocycles. The van der Waals surface area contributed by atoms with Gasteiger partial charge in [-0.05, 0) is 36.4 Å². The van der Waals surface area contributed by atoms with Gasteiger partial charge in [0.1, 0.15) is 5.82 Å². The molecule has 3 aromatic rings. The number of carboxylic acids is 1. The summed E-state index contributed by atoms with van der Waals surface area (Å²) in [4.78, 5) is 10.9. The van der Waals surface area contributed by atoms with Crippen molar-refractivity contribution in [2.45, 2.75) is 11.4 Å². The Kier molecular flexibility index (Phi) is 5.03. The van der Waals surface area contributed by atoms with Gasteiger partial charge in [0, 0.05) is 28.3 Å². The summed E-state index contributed by atoms with van der Waals surface area (Å²) in [6, 6.07) is 8.64. The van der Waals surface area contributed by atoms with Crippen LogP contribution in [0, 0.1) is 5.82 Å². The Morgan fingerprint density at radius 1 is 1.30 bits per heavy atom. The molecule has 0 saturated carbocycles. The third kappa shape index (κ3) is 4.17. The topological polar surface area (TPSA) is 89.3 Å². The van der Waals surface area contributed by atoms with E-state index in [9.17, 15) is 17.6 Å². The SMILES string of the molecule is CS(=O)(=O)c1ccc2c(C=CC(=O)O)nn(Cc3ccc(Cl)cc3F)c2c1. The first-order chi connectivity index (χ1) is 12.6. The van der Waals surface area contributed by atoms with Crippen molar-refractivity contribution in [2.24, 2.45) is 0 Å². The summed E-state index contributed by atoms with van der Waals surface area (Å²) in [6.45, 7) is 0.0215. The normalized spacial score (nSPS) is 12.1. The minimum Gasteiger partial charge on any atom is -0.478 e. The summed E-state index contributed by atoms with van der Waals surface area (Å²) >= 11 is 5.77. The van der Waals surface area contributed by atoms with Crippen LogP contribution >= 0.6 is 11.6 Å². The first-order valence-corrected chi connectivity index (χ1v) is 9.97. The van der Waals surface area contributed by atoms with Gasteiger partial charge in [0.05, 0.1) is 22.7 Å². The van der Waals surface area contributed by atoms with Crippen molar-refractivity contribution in [2.75, 3.05) is 6.26 Å². The average molecular weight is 409 g/mol. The van der Waals surface area contributed by atoms with Crippen LogP contribution in [0.5, 0.6) is 0 Å². The van der Waals surface area contributed by atoms with E-state index in [-0.39, 0.29) is 16.5 Å². The van der Waals surface area contributed by atoms with Gasteiger partial charge in [-0.25, -0.2) is 17.6 Å². The van der Waals surface area contributed by atoms with Crippen molar-refractivity contribution in [3.63, 3.8) is 0 Å². The molecular formula is C18H14ClFN2O4S. The van der Waals surface area contributed by atoms with Crippen LogP contribution < -0.4 is 0 Å². The first-order valence-electron chi connectivity index (χ1n) is 7.71. The highest BCUT2D eigenvalue weighted by atomic mass is 35.5. The third-order valence-corrected chi connectivity index (χ3v) is 5.24. The van der Waals surface area contributed by atoms with Crippen LogP contribution in [0.4, 0.5) is 4.39 Å². The zero-order chi connectivity index (χ0) is 19.8. The van der Waals surface area contributed by atoms with E-state index in [2.05, 4.69) is 5.10 Å². The van der Waals surface area contributed by atoms with Crippen molar-refractivity contribution in [1.82, 2.24) is 9.78 Å². The summed E-state index contributed by atoms with van der Waals surface area (Å²) in [5, 5.41) is 14.0. The second-order valence-corrected chi connectivity index (χ2v) is 8.35. The lowest BCUT2D eigenvalue weighted by molar-refractivity contribution is -0.131. The van der Waals surface area contributed by atoms with Gasteiger partial charge in [0.15, 0.2) is 9.84 Å². The van der Waals surface area contributed by atoms with Crippen molar-refractivity contribution in [3.05, 3.63) is 64.6 Å². The first kappa shape index (κ1) is 19.1. The van der Waals surface area contributed by atoms with Gasteiger partial charge in [-0.2, -0.15) is 5.10 Å². The molecule has 0 aliphatic heterocycles. The number of carbonyl (C=O) groups is 1. The van der Waals surface area contributed by atoms with Gasteiger partial charge in [-0.3, -0.25) is 4.68 Å². The minimum atomic E-state index is -3.46. The molecule has 27 heavy (non-hydrogen) atoms. The highest BCUT2D eigenvalue weighted by Gasteiger charge is 2.15. The molecule has 1 aromatic heterocycles. The van der Waals surface area contributed by atoms with Gasteiger partial charge >= 0.3 is 5.97 Å². The maximum atomic E-state index is 14.2. The van der Waals surface area contributed by atoms with E-state index in [1.54, 1.807) is 12.1 Å². The number of hydrogen-bond donors (Lipinski definition) is 1. The van der Waals surface area contributed by atoms with Gasteiger partial charge in [-0.1, -0.05) is 17.7 Å². The molecule has 0 aliphatic rings. The lowest BCUT2D eigenvalue weighted by Crippen LogP contribution is -2.05. The number of halogens is 2. The molecule has 0 unspecified atom stereocenters. The van der Waals surface area contributed by atoms with E-state index in [1.165, 1.54) is 35.0 Å². The van der Waals surface area contributed by atoms with E-state index in [0.29, 0.717) is 22.2 Å². The second kappa shape index (κ2) is 7.13. The molecule has 140 valence electrons. The van der Waals surface area contributed by atoms with Crippen LogP contribution in [0.3, 0.4) is 0 Å². The zero-order valence-corrected chi connectivity index (χ0v) is 15.6. The lowest BCUT2D eigenvalue weighted by Gasteiger charge is -2.06.